The lowest BCUT2D eigenvalue weighted by Crippen LogP contribution is -2.48. The molecule has 1 fully saturated rings. The van der Waals surface area contributed by atoms with Crippen LogP contribution in [0.5, 0.6) is 0 Å². The van der Waals surface area contributed by atoms with Crippen LogP contribution >= 0.6 is 27.3 Å². The number of nitrogens with zero attached hydrogens (tertiary/aromatic N) is 3. The van der Waals surface area contributed by atoms with E-state index in [1.165, 1.54) is 0 Å². The molecule has 0 saturated carbocycles. The van der Waals surface area contributed by atoms with Crippen molar-refractivity contribution in [2.24, 2.45) is 0 Å². The van der Waals surface area contributed by atoms with E-state index in [2.05, 4.69) is 31.2 Å². The predicted molar refractivity (Wildman–Crippen MR) is 92.2 cm³/mol. The Morgan fingerprint density at radius 1 is 1.32 bits per heavy atom. The van der Waals surface area contributed by atoms with Gasteiger partial charge in [-0.25, -0.2) is 4.98 Å². The number of benzene rings is 1. The highest BCUT2D eigenvalue weighted by Crippen LogP contribution is 2.16. The van der Waals surface area contributed by atoms with Gasteiger partial charge in [0.2, 0.25) is 0 Å². The Morgan fingerprint density at radius 3 is 2.73 bits per heavy atom. The molecule has 0 spiro atoms. The van der Waals surface area contributed by atoms with Crippen molar-refractivity contribution >= 4 is 33.2 Å². The van der Waals surface area contributed by atoms with Crippen molar-refractivity contribution < 1.29 is 4.79 Å². The van der Waals surface area contributed by atoms with Gasteiger partial charge in [-0.2, -0.15) is 0 Å². The number of thiazole rings is 1. The third-order valence-electron chi connectivity index (χ3n) is 3.76. The summed E-state index contributed by atoms with van der Waals surface area (Å²) in [5.74, 6) is 0.117. The average molecular weight is 380 g/mol. The maximum atomic E-state index is 12.5. The van der Waals surface area contributed by atoms with Gasteiger partial charge in [0.05, 0.1) is 6.54 Å². The molecule has 0 N–H and O–H groups in total. The van der Waals surface area contributed by atoms with Crippen LogP contribution in [0.1, 0.15) is 21.1 Å². The summed E-state index contributed by atoms with van der Waals surface area (Å²) >= 11 is 5.13. The lowest BCUT2D eigenvalue weighted by Gasteiger charge is -2.34. The Hall–Kier alpha value is -1.24. The fraction of sp³-hybridized carbons (Fsp3) is 0.375. The first-order chi connectivity index (χ1) is 10.6. The number of aryl methyl sites for hydroxylation is 1. The third-order valence-corrected chi connectivity index (χ3v) is 5.20. The topological polar surface area (TPSA) is 36.4 Å². The van der Waals surface area contributed by atoms with Gasteiger partial charge < -0.3 is 4.90 Å². The zero-order valence-corrected chi connectivity index (χ0v) is 14.9. The van der Waals surface area contributed by atoms with Crippen LogP contribution in [0.25, 0.3) is 0 Å². The van der Waals surface area contributed by atoms with Crippen LogP contribution in [0.2, 0.25) is 0 Å². The molecule has 1 aromatic heterocycles. The first-order valence-electron chi connectivity index (χ1n) is 7.30. The normalized spacial score (nSPS) is 16.0. The van der Waals surface area contributed by atoms with Crippen LogP contribution in [0.15, 0.2) is 34.1 Å². The number of amides is 1. The quantitative estimate of drug-likeness (QED) is 0.821. The van der Waals surface area contributed by atoms with E-state index in [0.717, 1.165) is 53.5 Å². The molecule has 0 unspecified atom stereocenters. The molecule has 22 heavy (non-hydrogen) atoms. The summed E-state index contributed by atoms with van der Waals surface area (Å²) in [5, 5.41) is 3.24. The molecule has 2 heterocycles. The number of aromatic nitrogens is 1. The highest BCUT2D eigenvalue weighted by atomic mass is 79.9. The summed E-state index contributed by atoms with van der Waals surface area (Å²) in [5.41, 5.74) is 1.84. The minimum Gasteiger partial charge on any atom is -0.336 e. The summed E-state index contributed by atoms with van der Waals surface area (Å²) < 4.78 is 0.941. The van der Waals surface area contributed by atoms with Crippen molar-refractivity contribution in [1.29, 1.82) is 0 Å². The summed E-state index contributed by atoms with van der Waals surface area (Å²) in [6.07, 6.45) is 0. The summed E-state index contributed by atoms with van der Waals surface area (Å²) in [7, 11) is 0. The number of hydrogen-bond donors (Lipinski definition) is 0. The fourth-order valence-electron chi connectivity index (χ4n) is 2.58. The van der Waals surface area contributed by atoms with E-state index < -0.39 is 0 Å². The lowest BCUT2D eigenvalue weighted by atomic mass is 10.2. The van der Waals surface area contributed by atoms with Gasteiger partial charge in [-0.3, -0.25) is 9.69 Å². The number of carbonyl (C=O) groups is 1. The maximum absolute atomic E-state index is 12.5. The van der Waals surface area contributed by atoms with E-state index >= 15 is 0 Å². The molecular formula is C16H18BrN3OS. The standard InChI is InChI=1S/C16H18BrN3OS/c1-12-11-22-15(18-12)10-19-5-7-20(8-6-19)16(21)13-3-2-4-14(17)9-13/h2-4,9,11H,5-8,10H2,1H3. The first-order valence-corrected chi connectivity index (χ1v) is 8.97. The molecule has 0 bridgehead atoms. The van der Waals surface area contributed by atoms with Crippen LogP contribution in [-0.2, 0) is 6.54 Å². The van der Waals surface area contributed by atoms with Crippen molar-refractivity contribution in [2.75, 3.05) is 26.2 Å². The maximum Gasteiger partial charge on any atom is 0.253 e. The van der Waals surface area contributed by atoms with E-state index in [1.54, 1.807) is 11.3 Å². The Labute approximate surface area is 142 Å². The molecule has 1 amide bonds. The second kappa shape index (κ2) is 6.89. The molecule has 1 aromatic carbocycles. The van der Waals surface area contributed by atoms with Gasteiger partial charge in [-0.15, -0.1) is 11.3 Å². The zero-order valence-electron chi connectivity index (χ0n) is 12.5. The van der Waals surface area contributed by atoms with E-state index in [4.69, 9.17) is 0 Å². The van der Waals surface area contributed by atoms with Gasteiger partial charge in [0.1, 0.15) is 5.01 Å². The summed E-state index contributed by atoms with van der Waals surface area (Å²) in [6.45, 7) is 6.26. The van der Waals surface area contributed by atoms with Gasteiger partial charge in [0, 0.05) is 47.3 Å². The molecule has 4 nitrogen and oxygen atoms in total. The number of piperazine rings is 1. The minimum atomic E-state index is 0.117. The molecular weight excluding hydrogens is 362 g/mol. The molecule has 116 valence electrons. The lowest BCUT2D eigenvalue weighted by molar-refractivity contribution is 0.0628. The van der Waals surface area contributed by atoms with Crippen LogP contribution in [0, 0.1) is 6.92 Å². The highest BCUT2D eigenvalue weighted by Gasteiger charge is 2.22. The van der Waals surface area contributed by atoms with Crippen molar-refractivity contribution in [3.63, 3.8) is 0 Å². The second-order valence-electron chi connectivity index (χ2n) is 5.46. The number of carbonyl (C=O) groups excluding carboxylic acids is 1. The number of rotatable bonds is 3. The van der Waals surface area contributed by atoms with Crippen molar-refractivity contribution in [2.45, 2.75) is 13.5 Å². The van der Waals surface area contributed by atoms with Crippen molar-refractivity contribution in [3.05, 3.63) is 50.4 Å². The molecule has 0 aliphatic carbocycles. The Kier molecular flexibility index (Phi) is 4.90. The van der Waals surface area contributed by atoms with Gasteiger partial charge in [-0.1, -0.05) is 22.0 Å². The minimum absolute atomic E-state index is 0.117. The molecule has 1 aliphatic rings. The van der Waals surface area contributed by atoms with Crippen molar-refractivity contribution in [3.8, 4) is 0 Å². The molecule has 1 aliphatic heterocycles. The summed E-state index contributed by atoms with van der Waals surface area (Å²) in [4.78, 5) is 21.3. The molecule has 6 heteroatoms. The van der Waals surface area contributed by atoms with Gasteiger partial charge in [0.25, 0.3) is 5.91 Å². The Balaban J connectivity index is 1.56. The highest BCUT2D eigenvalue weighted by molar-refractivity contribution is 9.10. The zero-order chi connectivity index (χ0) is 15.5. The van der Waals surface area contributed by atoms with Gasteiger partial charge in [-0.05, 0) is 25.1 Å². The van der Waals surface area contributed by atoms with E-state index in [1.807, 2.05) is 36.1 Å². The van der Waals surface area contributed by atoms with Crippen LogP contribution in [0.4, 0.5) is 0 Å². The fourth-order valence-corrected chi connectivity index (χ4v) is 3.79. The Morgan fingerprint density at radius 2 is 2.09 bits per heavy atom. The smallest absolute Gasteiger partial charge is 0.253 e. The SMILES string of the molecule is Cc1csc(CN2CCN(C(=O)c3cccc(Br)c3)CC2)n1. The monoisotopic (exact) mass is 379 g/mol. The number of halogens is 1. The van der Waals surface area contributed by atoms with E-state index in [9.17, 15) is 4.79 Å². The molecule has 3 rings (SSSR count). The van der Waals surface area contributed by atoms with Crippen LogP contribution in [-0.4, -0.2) is 46.9 Å². The third kappa shape index (κ3) is 3.74. The predicted octanol–water partition coefficient (Wildman–Crippen LogP) is 3.17. The molecule has 0 radical (unpaired) electrons. The number of hydrogen-bond acceptors (Lipinski definition) is 4. The largest absolute Gasteiger partial charge is 0.336 e. The summed E-state index contributed by atoms with van der Waals surface area (Å²) in [6, 6.07) is 7.59. The van der Waals surface area contributed by atoms with Gasteiger partial charge in [0.15, 0.2) is 0 Å². The van der Waals surface area contributed by atoms with Crippen molar-refractivity contribution in [1.82, 2.24) is 14.8 Å². The van der Waals surface area contributed by atoms with E-state index in [-0.39, 0.29) is 5.91 Å². The van der Waals surface area contributed by atoms with E-state index in [0.29, 0.717) is 0 Å². The molecule has 2 aromatic rings. The van der Waals surface area contributed by atoms with Crippen LogP contribution in [0.3, 0.4) is 0 Å². The van der Waals surface area contributed by atoms with Gasteiger partial charge >= 0.3 is 0 Å². The second-order valence-corrected chi connectivity index (χ2v) is 7.32. The van der Waals surface area contributed by atoms with Crippen LogP contribution < -0.4 is 0 Å². The molecule has 1 saturated heterocycles. The average Bonchev–Trinajstić information content (AvgIpc) is 2.92. The Bertz CT molecular complexity index is 665. The molecule has 0 atom stereocenters. The first kappa shape index (κ1) is 15.6.